The highest BCUT2D eigenvalue weighted by Crippen LogP contribution is 2.40. The third-order valence-corrected chi connectivity index (χ3v) is 5.01. The van der Waals surface area contributed by atoms with Crippen molar-refractivity contribution in [2.75, 3.05) is 23.7 Å². The number of fused-ring (bicyclic) bond motifs is 2. The van der Waals surface area contributed by atoms with E-state index in [0.717, 1.165) is 41.1 Å². The number of rotatable bonds is 1. The number of hydrogen-bond acceptors (Lipinski definition) is 6. The fourth-order valence-electron chi connectivity index (χ4n) is 3.40. The standard InChI is InChI=1S/C12H15N5S/c13-12-16-9-10(14-6-15-11(9)18-12)17-4-7-2-1-3-8(7)5-17/h6-8H,1-5H2,(H2,13,16). The first-order chi connectivity index (χ1) is 8.81. The highest BCUT2D eigenvalue weighted by atomic mass is 32.1. The molecule has 5 nitrogen and oxygen atoms in total. The summed E-state index contributed by atoms with van der Waals surface area (Å²) in [5.74, 6) is 2.68. The SMILES string of the molecule is Nc1nc2c(N3CC4CCCC4C3)ncnc2s1. The molecule has 4 rings (SSSR count). The molecule has 1 aliphatic carbocycles. The Balaban J connectivity index is 1.74. The molecule has 1 saturated carbocycles. The summed E-state index contributed by atoms with van der Waals surface area (Å²) in [6.45, 7) is 2.24. The fraction of sp³-hybridized carbons (Fsp3) is 0.583. The maximum absolute atomic E-state index is 5.77. The minimum Gasteiger partial charge on any atom is -0.375 e. The van der Waals surface area contributed by atoms with Gasteiger partial charge in [-0.15, -0.1) is 0 Å². The molecule has 1 saturated heterocycles. The van der Waals surface area contributed by atoms with Gasteiger partial charge in [-0.05, 0) is 24.7 Å². The van der Waals surface area contributed by atoms with Crippen molar-refractivity contribution in [1.82, 2.24) is 15.0 Å². The van der Waals surface area contributed by atoms with Crippen LogP contribution < -0.4 is 10.6 Å². The van der Waals surface area contributed by atoms with Crippen LogP contribution in [0.5, 0.6) is 0 Å². The molecule has 94 valence electrons. The molecule has 2 N–H and O–H groups in total. The predicted octanol–water partition coefficient (Wildman–Crippen LogP) is 1.90. The third kappa shape index (κ3) is 1.48. The van der Waals surface area contributed by atoms with Crippen molar-refractivity contribution < 1.29 is 0 Å². The van der Waals surface area contributed by atoms with E-state index in [2.05, 4.69) is 19.9 Å². The van der Waals surface area contributed by atoms with E-state index in [0.29, 0.717) is 5.13 Å². The van der Waals surface area contributed by atoms with Crippen molar-refractivity contribution in [3.8, 4) is 0 Å². The summed E-state index contributed by atoms with van der Waals surface area (Å²) in [6.07, 6.45) is 5.76. The summed E-state index contributed by atoms with van der Waals surface area (Å²) < 4.78 is 0. The molecule has 2 aliphatic rings. The van der Waals surface area contributed by atoms with Gasteiger partial charge < -0.3 is 10.6 Å². The minimum atomic E-state index is 0.575. The van der Waals surface area contributed by atoms with Crippen molar-refractivity contribution in [3.63, 3.8) is 0 Å². The van der Waals surface area contributed by atoms with Crippen LogP contribution >= 0.6 is 11.3 Å². The number of anilines is 2. The predicted molar refractivity (Wildman–Crippen MR) is 72.7 cm³/mol. The second kappa shape index (κ2) is 3.78. The molecule has 0 amide bonds. The average Bonchev–Trinajstić information content (AvgIpc) is 2.98. The molecule has 2 aromatic heterocycles. The van der Waals surface area contributed by atoms with Gasteiger partial charge in [0, 0.05) is 13.1 Å². The molecule has 6 heteroatoms. The molecule has 2 unspecified atom stereocenters. The van der Waals surface area contributed by atoms with Gasteiger partial charge in [-0.3, -0.25) is 0 Å². The Hall–Kier alpha value is -1.43. The van der Waals surface area contributed by atoms with E-state index in [1.54, 1.807) is 6.33 Å². The van der Waals surface area contributed by atoms with E-state index in [1.807, 2.05) is 0 Å². The van der Waals surface area contributed by atoms with Crippen LogP contribution in [0, 0.1) is 11.8 Å². The normalized spacial score (nSPS) is 27.0. The summed E-state index contributed by atoms with van der Waals surface area (Å²) in [7, 11) is 0. The molecule has 2 atom stereocenters. The Kier molecular flexibility index (Phi) is 2.20. The van der Waals surface area contributed by atoms with Crippen LogP contribution in [0.4, 0.5) is 10.9 Å². The summed E-state index contributed by atoms with van der Waals surface area (Å²) in [5, 5.41) is 0.575. The lowest BCUT2D eigenvalue weighted by Gasteiger charge is -2.18. The molecule has 2 aromatic rings. The van der Waals surface area contributed by atoms with Crippen molar-refractivity contribution in [2.45, 2.75) is 19.3 Å². The molecule has 0 aromatic carbocycles. The molecule has 2 fully saturated rings. The zero-order chi connectivity index (χ0) is 12.1. The molecule has 18 heavy (non-hydrogen) atoms. The quantitative estimate of drug-likeness (QED) is 0.849. The summed E-state index contributed by atoms with van der Waals surface area (Å²) in [5.41, 5.74) is 6.65. The monoisotopic (exact) mass is 261 g/mol. The topological polar surface area (TPSA) is 67.9 Å². The van der Waals surface area contributed by atoms with Crippen LogP contribution in [-0.4, -0.2) is 28.0 Å². The summed E-state index contributed by atoms with van der Waals surface area (Å²) in [4.78, 5) is 16.3. The van der Waals surface area contributed by atoms with Gasteiger partial charge in [-0.1, -0.05) is 17.8 Å². The highest BCUT2D eigenvalue weighted by molar-refractivity contribution is 7.21. The summed E-state index contributed by atoms with van der Waals surface area (Å²) >= 11 is 1.44. The molecule has 3 heterocycles. The second-order valence-electron chi connectivity index (χ2n) is 5.26. The number of thiazole rings is 1. The highest BCUT2D eigenvalue weighted by Gasteiger charge is 2.37. The van der Waals surface area contributed by atoms with Gasteiger partial charge in [0.15, 0.2) is 15.8 Å². The van der Waals surface area contributed by atoms with Crippen molar-refractivity contribution in [1.29, 1.82) is 0 Å². The first-order valence-electron chi connectivity index (χ1n) is 6.43. The average molecular weight is 261 g/mol. The molecule has 0 radical (unpaired) electrons. The fourth-order valence-corrected chi connectivity index (χ4v) is 4.07. The molecular formula is C12H15N5S. The Morgan fingerprint density at radius 1 is 1.22 bits per heavy atom. The van der Waals surface area contributed by atoms with Gasteiger partial charge in [-0.25, -0.2) is 15.0 Å². The number of aromatic nitrogens is 3. The smallest absolute Gasteiger partial charge is 0.182 e. The van der Waals surface area contributed by atoms with Gasteiger partial charge >= 0.3 is 0 Å². The van der Waals surface area contributed by atoms with Crippen molar-refractivity contribution in [2.24, 2.45) is 11.8 Å². The van der Waals surface area contributed by atoms with E-state index in [9.17, 15) is 0 Å². The third-order valence-electron chi connectivity index (χ3n) is 4.22. The van der Waals surface area contributed by atoms with Crippen LogP contribution in [-0.2, 0) is 0 Å². The number of hydrogen-bond donors (Lipinski definition) is 1. The van der Waals surface area contributed by atoms with Gasteiger partial charge in [0.05, 0.1) is 0 Å². The number of nitrogens with zero attached hydrogens (tertiary/aromatic N) is 4. The Labute approximate surface area is 109 Å². The van der Waals surface area contributed by atoms with Crippen LogP contribution in [0.3, 0.4) is 0 Å². The maximum atomic E-state index is 5.77. The zero-order valence-corrected chi connectivity index (χ0v) is 10.9. The van der Waals surface area contributed by atoms with Crippen molar-refractivity contribution >= 4 is 32.6 Å². The van der Waals surface area contributed by atoms with Gasteiger partial charge in [0.25, 0.3) is 0 Å². The van der Waals surface area contributed by atoms with Crippen LogP contribution in [0.2, 0.25) is 0 Å². The molecule has 0 spiro atoms. The lowest BCUT2D eigenvalue weighted by atomic mass is 10.0. The van der Waals surface area contributed by atoms with E-state index in [1.165, 1.54) is 30.6 Å². The minimum absolute atomic E-state index is 0.575. The Bertz CT molecular complexity index is 583. The number of nitrogens with two attached hydrogens (primary N) is 1. The van der Waals surface area contributed by atoms with Crippen LogP contribution in [0.25, 0.3) is 10.3 Å². The number of nitrogen functional groups attached to an aromatic ring is 1. The van der Waals surface area contributed by atoms with Crippen molar-refractivity contribution in [3.05, 3.63) is 6.33 Å². The van der Waals surface area contributed by atoms with Gasteiger partial charge in [0.2, 0.25) is 0 Å². The second-order valence-corrected chi connectivity index (χ2v) is 6.27. The van der Waals surface area contributed by atoms with Gasteiger partial charge in [0.1, 0.15) is 11.8 Å². The molecule has 1 aliphatic heterocycles. The Morgan fingerprint density at radius 2 is 2.00 bits per heavy atom. The first-order valence-corrected chi connectivity index (χ1v) is 7.25. The van der Waals surface area contributed by atoms with Gasteiger partial charge in [-0.2, -0.15) is 0 Å². The van der Waals surface area contributed by atoms with E-state index in [4.69, 9.17) is 5.73 Å². The Morgan fingerprint density at radius 3 is 2.78 bits per heavy atom. The van der Waals surface area contributed by atoms with Crippen LogP contribution in [0.15, 0.2) is 6.33 Å². The lowest BCUT2D eigenvalue weighted by Crippen LogP contribution is -2.22. The zero-order valence-electron chi connectivity index (χ0n) is 10.0. The largest absolute Gasteiger partial charge is 0.375 e. The first kappa shape index (κ1) is 10.5. The van der Waals surface area contributed by atoms with E-state index >= 15 is 0 Å². The van der Waals surface area contributed by atoms with Crippen LogP contribution in [0.1, 0.15) is 19.3 Å². The van der Waals surface area contributed by atoms with E-state index < -0.39 is 0 Å². The molecule has 0 bridgehead atoms. The van der Waals surface area contributed by atoms with E-state index in [-0.39, 0.29) is 0 Å². The lowest BCUT2D eigenvalue weighted by molar-refractivity contribution is 0.494. The maximum Gasteiger partial charge on any atom is 0.182 e. The summed E-state index contributed by atoms with van der Waals surface area (Å²) in [6, 6.07) is 0. The molecular weight excluding hydrogens is 246 g/mol.